The summed E-state index contributed by atoms with van der Waals surface area (Å²) in [5, 5.41) is 0. The molecule has 0 saturated heterocycles. The number of hydrogen-bond acceptors (Lipinski definition) is 3. The fourth-order valence-corrected chi connectivity index (χ4v) is 1.93. The van der Waals surface area contributed by atoms with E-state index in [1.54, 1.807) is 12.4 Å². The lowest BCUT2D eigenvalue weighted by Crippen LogP contribution is -2.23. The van der Waals surface area contributed by atoms with Crippen molar-refractivity contribution in [3.05, 3.63) is 30.1 Å². The van der Waals surface area contributed by atoms with E-state index < -0.39 is 0 Å². The highest BCUT2D eigenvalue weighted by molar-refractivity contribution is 5.81. The van der Waals surface area contributed by atoms with Crippen molar-refractivity contribution in [3.8, 4) is 0 Å². The van der Waals surface area contributed by atoms with E-state index >= 15 is 0 Å². The first-order chi connectivity index (χ1) is 8.20. The molecule has 0 radical (unpaired) electrons. The fraction of sp³-hybridized carbons (Fsp3) is 0.571. The molecule has 0 amide bonds. The molecule has 1 heterocycles. The quantitative estimate of drug-likeness (QED) is 0.729. The van der Waals surface area contributed by atoms with Crippen LogP contribution < -0.4 is 0 Å². The third-order valence-electron chi connectivity index (χ3n) is 3.10. The number of nitrogens with zero attached hydrogens (tertiary/aromatic N) is 1. The van der Waals surface area contributed by atoms with Gasteiger partial charge in [-0.15, -0.1) is 0 Å². The molecule has 0 aliphatic rings. The molecule has 0 aliphatic carbocycles. The summed E-state index contributed by atoms with van der Waals surface area (Å²) in [5.41, 5.74) is 1.13. The van der Waals surface area contributed by atoms with Gasteiger partial charge in [0.15, 0.2) is 0 Å². The minimum absolute atomic E-state index is 0.00560. The maximum absolute atomic E-state index is 11.8. The van der Waals surface area contributed by atoms with Crippen LogP contribution in [0.2, 0.25) is 0 Å². The predicted octanol–water partition coefficient (Wildman–Crippen LogP) is 2.82. The second-order valence-corrected chi connectivity index (χ2v) is 4.16. The molecule has 2 atom stereocenters. The summed E-state index contributed by atoms with van der Waals surface area (Å²) in [6.07, 6.45) is 4.10. The van der Waals surface area contributed by atoms with Crippen molar-refractivity contribution in [1.29, 1.82) is 0 Å². The molecule has 0 fully saturated rings. The summed E-state index contributed by atoms with van der Waals surface area (Å²) in [4.78, 5) is 15.8. The van der Waals surface area contributed by atoms with Crippen molar-refractivity contribution in [2.24, 2.45) is 5.92 Å². The SMILES string of the molecule is CCOCC(c1ccncc1)C(C)C(=O)CC. The van der Waals surface area contributed by atoms with Crippen LogP contribution in [0.4, 0.5) is 0 Å². The zero-order valence-electron chi connectivity index (χ0n) is 10.8. The first kappa shape index (κ1) is 13.8. The number of carbonyl (C=O) groups is 1. The van der Waals surface area contributed by atoms with Gasteiger partial charge in [0.1, 0.15) is 5.78 Å². The monoisotopic (exact) mass is 235 g/mol. The summed E-state index contributed by atoms with van der Waals surface area (Å²) < 4.78 is 5.49. The van der Waals surface area contributed by atoms with Crippen LogP contribution in [-0.2, 0) is 9.53 Å². The first-order valence-corrected chi connectivity index (χ1v) is 6.21. The van der Waals surface area contributed by atoms with Crippen LogP contribution in [0.5, 0.6) is 0 Å². The van der Waals surface area contributed by atoms with E-state index in [9.17, 15) is 4.79 Å². The normalized spacial score (nSPS) is 14.3. The highest BCUT2D eigenvalue weighted by Crippen LogP contribution is 2.26. The second-order valence-electron chi connectivity index (χ2n) is 4.16. The van der Waals surface area contributed by atoms with Crippen molar-refractivity contribution in [2.75, 3.05) is 13.2 Å². The van der Waals surface area contributed by atoms with E-state index in [-0.39, 0.29) is 17.6 Å². The number of Topliss-reactive ketones (excluding diaryl/α,β-unsaturated/α-hetero) is 1. The molecular formula is C14H21NO2. The van der Waals surface area contributed by atoms with Crippen molar-refractivity contribution in [3.63, 3.8) is 0 Å². The van der Waals surface area contributed by atoms with Crippen molar-refractivity contribution < 1.29 is 9.53 Å². The molecule has 17 heavy (non-hydrogen) atoms. The van der Waals surface area contributed by atoms with Crippen LogP contribution >= 0.6 is 0 Å². The molecule has 0 aliphatic heterocycles. The maximum atomic E-state index is 11.8. The van der Waals surface area contributed by atoms with E-state index in [4.69, 9.17) is 4.74 Å². The van der Waals surface area contributed by atoms with Crippen LogP contribution in [0.3, 0.4) is 0 Å². The molecule has 94 valence electrons. The second kappa shape index (κ2) is 7.17. The Bertz CT molecular complexity index is 337. The van der Waals surface area contributed by atoms with Crippen LogP contribution in [0.1, 0.15) is 38.7 Å². The lowest BCUT2D eigenvalue weighted by atomic mass is 9.85. The lowest BCUT2D eigenvalue weighted by molar-refractivity contribution is -0.123. The molecule has 0 aromatic carbocycles. The highest BCUT2D eigenvalue weighted by Gasteiger charge is 2.24. The van der Waals surface area contributed by atoms with Crippen molar-refractivity contribution in [1.82, 2.24) is 4.98 Å². The van der Waals surface area contributed by atoms with Gasteiger partial charge in [-0.05, 0) is 24.6 Å². The number of aromatic nitrogens is 1. The summed E-state index contributed by atoms with van der Waals surface area (Å²) in [6, 6.07) is 3.92. The van der Waals surface area contributed by atoms with Gasteiger partial charge < -0.3 is 4.74 Å². The Morgan fingerprint density at radius 3 is 2.53 bits per heavy atom. The molecule has 0 N–H and O–H groups in total. The number of carbonyl (C=O) groups excluding carboxylic acids is 1. The molecular weight excluding hydrogens is 214 g/mol. The Hall–Kier alpha value is -1.22. The number of rotatable bonds is 7. The first-order valence-electron chi connectivity index (χ1n) is 6.21. The summed E-state index contributed by atoms with van der Waals surface area (Å²) >= 11 is 0. The number of pyridine rings is 1. The predicted molar refractivity (Wildman–Crippen MR) is 67.9 cm³/mol. The van der Waals surface area contributed by atoms with Crippen LogP contribution in [0, 0.1) is 5.92 Å². The molecule has 0 saturated carbocycles. The third kappa shape index (κ3) is 3.93. The smallest absolute Gasteiger partial charge is 0.136 e. The van der Waals surface area contributed by atoms with E-state index in [2.05, 4.69) is 4.98 Å². The minimum atomic E-state index is -0.00560. The van der Waals surface area contributed by atoms with E-state index in [1.807, 2.05) is 32.9 Å². The van der Waals surface area contributed by atoms with Gasteiger partial charge in [-0.2, -0.15) is 0 Å². The molecule has 3 nitrogen and oxygen atoms in total. The Balaban J connectivity index is 2.84. The molecule has 2 unspecified atom stereocenters. The Kier molecular flexibility index (Phi) is 5.84. The van der Waals surface area contributed by atoms with Crippen molar-refractivity contribution >= 4 is 5.78 Å². The average molecular weight is 235 g/mol. The number of ketones is 1. The minimum Gasteiger partial charge on any atom is -0.381 e. The van der Waals surface area contributed by atoms with Crippen LogP contribution in [-0.4, -0.2) is 24.0 Å². The van der Waals surface area contributed by atoms with Gasteiger partial charge >= 0.3 is 0 Å². The fourth-order valence-electron chi connectivity index (χ4n) is 1.93. The molecule has 1 aromatic rings. The zero-order valence-corrected chi connectivity index (χ0v) is 10.8. The van der Waals surface area contributed by atoms with Gasteiger partial charge in [0, 0.05) is 37.3 Å². The Labute approximate surface area is 103 Å². The maximum Gasteiger partial charge on any atom is 0.136 e. The van der Waals surface area contributed by atoms with Crippen LogP contribution in [0.25, 0.3) is 0 Å². The van der Waals surface area contributed by atoms with Crippen molar-refractivity contribution in [2.45, 2.75) is 33.1 Å². The van der Waals surface area contributed by atoms with E-state index in [0.29, 0.717) is 19.6 Å². The summed E-state index contributed by atoms with van der Waals surface area (Å²) in [6.45, 7) is 7.12. The molecule has 0 spiro atoms. The molecule has 0 bridgehead atoms. The number of ether oxygens (including phenoxy) is 1. The van der Waals surface area contributed by atoms with Gasteiger partial charge in [0.05, 0.1) is 6.61 Å². The summed E-state index contributed by atoms with van der Waals surface area (Å²) in [5.74, 6) is 0.408. The largest absolute Gasteiger partial charge is 0.381 e. The van der Waals surface area contributed by atoms with Gasteiger partial charge in [-0.1, -0.05) is 13.8 Å². The van der Waals surface area contributed by atoms with E-state index in [1.165, 1.54) is 0 Å². The molecule has 3 heteroatoms. The molecule has 1 aromatic heterocycles. The molecule has 1 rings (SSSR count). The average Bonchev–Trinajstić information content (AvgIpc) is 2.39. The van der Waals surface area contributed by atoms with Gasteiger partial charge in [0.25, 0.3) is 0 Å². The van der Waals surface area contributed by atoms with Gasteiger partial charge in [0.2, 0.25) is 0 Å². The summed E-state index contributed by atoms with van der Waals surface area (Å²) in [7, 11) is 0. The van der Waals surface area contributed by atoms with E-state index in [0.717, 1.165) is 5.56 Å². The zero-order chi connectivity index (χ0) is 12.7. The van der Waals surface area contributed by atoms with Gasteiger partial charge in [-0.3, -0.25) is 9.78 Å². The Morgan fingerprint density at radius 1 is 1.35 bits per heavy atom. The standard InChI is InChI=1S/C14H21NO2/c1-4-14(16)11(3)13(10-17-5-2)12-6-8-15-9-7-12/h6-9,11,13H,4-5,10H2,1-3H3. The lowest BCUT2D eigenvalue weighted by Gasteiger charge is -2.22. The Morgan fingerprint density at radius 2 is 2.00 bits per heavy atom. The topological polar surface area (TPSA) is 39.2 Å². The number of hydrogen-bond donors (Lipinski definition) is 0. The third-order valence-corrected chi connectivity index (χ3v) is 3.10. The highest BCUT2D eigenvalue weighted by atomic mass is 16.5. The van der Waals surface area contributed by atoms with Crippen LogP contribution in [0.15, 0.2) is 24.5 Å². The van der Waals surface area contributed by atoms with Gasteiger partial charge in [-0.25, -0.2) is 0 Å².